The SMILES string of the molecule is COc1ccccc1CC(=O)N1CCc2c(c[nH]c(=O)c2C(=O)N2CC[C@@H](F)C2)C1. The lowest BCUT2D eigenvalue weighted by Gasteiger charge is -2.30. The lowest BCUT2D eigenvalue weighted by Crippen LogP contribution is -2.41. The number of hydrogen-bond donors (Lipinski definition) is 1. The number of fused-ring (bicyclic) bond motifs is 1. The first kappa shape index (κ1) is 20.1. The molecule has 1 atom stereocenters. The number of carbonyl (C=O) groups is 2. The maximum absolute atomic E-state index is 13.5. The number of hydrogen-bond acceptors (Lipinski definition) is 4. The van der Waals surface area contributed by atoms with Gasteiger partial charge in [0.1, 0.15) is 17.5 Å². The number of aromatic amines is 1. The Hall–Kier alpha value is -3.16. The quantitative estimate of drug-likeness (QED) is 0.827. The number of para-hydroxylation sites is 1. The molecular weight excluding hydrogens is 389 g/mol. The van der Waals surface area contributed by atoms with Crippen molar-refractivity contribution in [3.63, 3.8) is 0 Å². The van der Waals surface area contributed by atoms with E-state index in [9.17, 15) is 18.8 Å². The lowest BCUT2D eigenvalue weighted by atomic mass is 9.95. The Morgan fingerprint density at radius 2 is 2.03 bits per heavy atom. The summed E-state index contributed by atoms with van der Waals surface area (Å²) in [7, 11) is 1.57. The van der Waals surface area contributed by atoms with Crippen molar-refractivity contribution in [1.82, 2.24) is 14.8 Å². The molecule has 2 amide bonds. The number of benzene rings is 1. The van der Waals surface area contributed by atoms with E-state index in [1.54, 1.807) is 18.2 Å². The van der Waals surface area contributed by atoms with Gasteiger partial charge in [-0.1, -0.05) is 18.2 Å². The largest absolute Gasteiger partial charge is 0.496 e. The Morgan fingerprint density at radius 1 is 1.23 bits per heavy atom. The first-order valence-electron chi connectivity index (χ1n) is 10.0. The number of nitrogens with one attached hydrogen (secondary N) is 1. The smallest absolute Gasteiger partial charge is 0.261 e. The third-order valence-corrected chi connectivity index (χ3v) is 5.81. The van der Waals surface area contributed by atoms with Crippen LogP contribution in [0.5, 0.6) is 5.75 Å². The summed E-state index contributed by atoms with van der Waals surface area (Å²) >= 11 is 0. The topological polar surface area (TPSA) is 82.7 Å². The highest BCUT2D eigenvalue weighted by atomic mass is 19.1. The molecule has 0 aliphatic carbocycles. The van der Waals surface area contributed by atoms with E-state index in [-0.39, 0.29) is 24.4 Å². The highest BCUT2D eigenvalue weighted by molar-refractivity contribution is 5.96. The highest BCUT2D eigenvalue weighted by Crippen LogP contribution is 2.24. The van der Waals surface area contributed by atoms with Crippen LogP contribution in [0.15, 0.2) is 35.3 Å². The van der Waals surface area contributed by atoms with Crippen LogP contribution >= 0.6 is 0 Å². The molecule has 2 aliphatic heterocycles. The molecule has 0 saturated carbocycles. The van der Waals surface area contributed by atoms with E-state index in [2.05, 4.69) is 4.98 Å². The van der Waals surface area contributed by atoms with E-state index in [1.165, 1.54) is 4.90 Å². The van der Waals surface area contributed by atoms with Gasteiger partial charge in [-0.3, -0.25) is 14.4 Å². The van der Waals surface area contributed by atoms with E-state index >= 15 is 0 Å². The van der Waals surface area contributed by atoms with Gasteiger partial charge in [0.2, 0.25) is 5.91 Å². The molecule has 0 bridgehead atoms. The number of carbonyl (C=O) groups excluding carboxylic acids is 2. The number of pyridine rings is 1. The molecule has 30 heavy (non-hydrogen) atoms. The van der Waals surface area contributed by atoms with Crippen LogP contribution in [0.3, 0.4) is 0 Å². The van der Waals surface area contributed by atoms with Gasteiger partial charge in [0.15, 0.2) is 0 Å². The van der Waals surface area contributed by atoms with Gasteiger partial charge in [0.05, 0.1) is 20.1 Å². The maximum Gasteiger partial charge on any atom is 0.261 e. The minimum Gasteiger partial charge on any atom is -0.496 e. The third-order valence-electron chi connectivity index (χ3n) is 5.81. The van der Waals surface area contributed by atoms with Crippen molar-refractivity contribution in [2.75, 3.05) is 26.7 Å². The van der Waals surface area contributed by atoms with Crippen molar-refractivity contribution in [2.24, 2.45) is 0 Å². The summed E-state index contributed by atoms with van der Waals surface area (Å²) in [5, 5.41) is 0. The molecule has 4 rings (SSSR count). The second kappa shape index (κ2) is 8.30. The number of nitrogens with zero attached hydrogens (tertiary/aromatic N) is 2. The van der Waals surface area contributed by atoms with Crippen molar-refractivity contribution in [3.05, 3.63) is 63.1 Å². The number of rotatable bonds is 4. The highest BCUT2D eigenvalue weighted by Gasteiger charge is 2.32. The standard InChI is InChI=1S/C22H24FN3O4/c1-30-18-5-3-2-4-14(18)10-19(27)25-9-7-17-15(12-25)11-24-21(28)20(17)22(29)26-8-6-16(23)13-26/h2-5,11,16H,6-10,12-13H2,1H3,(H,24,28)/t16-/m1/s1. The van der Waals surface area contributed by atoms with Crippen molar-refractivity contribution >= 4 is 11.8 Å². The number of likely N-dealkylation sites (tertiary alicyclic amines) is 1. The van der Waals surface area contributed by atoms with Crippen molar-refractivity contribution in [2.45, 2.75) is 32.0 Å². The van der Waals surface area contributed by atoms with Crippen LogP contribution < -0.4 is 10.3 Å². The Labute approximate surface area is 173 Å². The molecule has 1 fully saturated rings. The van der Waals surface area contributed by atoms with Crippen molar-refractivity contribution < 1.29 is 18.7 Å². The van der Waals surface area contributed by atoms with Crippen LogP contribution in [0, 0.1) is 0 Å². The summed E-state index contributed by atoms with van der Waals surface area (Å²) in [6.07, 6.45) is 1.43. The van der Waals surface area contributed by atoms with E-state index in [0.29, 0.717) is 43.8 Å². The van der Waals surface area contributed by atoms with Gasteiger partial charge in [0.25, 0.3) is 11.5 Å². The molecule has 1 aromatic carbocycles. The number of amides is 2. The van der Waals surface area contributed by atoms with Crippen LogP contribution in [0.25, 0.3) is 0 Å². The molecule has 7 nitrogen and oxygen atoms in total. The Bertz CT molecular complexity index is 1040. The monoisotopic (exact) mass is 413 g/mol. The molecule has 0 spiro atoms. The fourth-order valence-electron chi connectivity index (χ4n) is 4.19. The van der Waals surface area contributed by atoms with E-state index in [0.717, 1.165) is 11.1 Å². The van der Waals surface area contributed by atoms with E-state index < -0.39 is 17.6 Å². The molecule has 2 aliphatic rings. The number of ether oxygens (including phenoxy) is 1. The molecule has 1 N–H and O–H groups in total. The molecule has 2 aromatic rings. The van der Waals surface area contributed by atoms with Crippen molar-refractivity contribution in [1.29, 1.82) is 0 Å². The molecule has 0 unspecified atom stereocenters. The molecule has 1 aromatic heterocycles. The minimum absolute atomic E-state index is 0.0193. The van der Waals surface area contributed by atoms with Crippen LogP contribution in [0.2, 0.25) is 0 Å². The Balaban J connectivity index is 1.54. The second-order valence-corrected chi connectivity index (χ2v) is 7.69. The first-order valence-corrected chi connectivity index (χ1v) is 10.0. The van der Waals surface area contributed by atoms with Gasteiger partial charge in [-0.2, -0.15) is 0 Å². The molecule has 3 heterocycles. The van der Waals surface area contributed by atoms with Crippen LogP contribution in [-0.2, 0) is 24.2 Å². The first-order chi connectivity index (χ1) is 14.5. The summed E-state index contributed by atoms with van der Waals surface area (Å²) in [4.78, 5) is 43.9. The van der Waals surface area contributed by atoms with E-state index in [4.69, 9.17) is 4.74 Å². The van der Waals surface area contributed by atoms with Crippen LogP contribution in [0.4, 0.5) is 4.39 Å². The van der Waals surface area contributed by atoms with Gasteiger partial charge in [-0.25, -0.2) is 4.39 Å². The summed E-state index contributed by atoms with van der Waals surface area (Å²) in [6.45, 7) is 1.06. The van der Waals surface area contributed by atoms with Gasteiger partial charge in [0, 0.05) is 31.4 Å². The fourth-order valence-corrected chi connectivity index (χ4v) is 4.19. The fraction of sp³-hybridized carbons (Fsp3) is 0.409. The van der Waals surface area contributed by atoms with Gasteiger partial charge >= 0.3 is 0 Å². The predicted octanol–water partition coefficient (Wildman–Crippen LogP) is 1.69. The molecular formula is C22H24FN3O4. The lowest BCUT2D eigenvalue weighted by molar-refractivity contribution is -0.131. The molecule has 1 saturated heterocycles. The zero-order chi connectivity index (χ0) is 21.3. The number of H-pyrrole nitrogens is 1. The molecule has 158 valence electrons. The number of alkyl halides is 1. The zero-order valence-electron chi connectivity index (χ0n) is 16.8. The van der Waals surface area contributed by atoms with Crippen molar-refractivity contribution in [3.8, 4) is 5.75 Å². The van der Waals surface area contributed by atoms with E-state index in [1.807, 2.05) is 24.3 Å². The zero-order valence-corrected chi connectivity index (χ0v) is 16.8. The molecule has 8 heteroatoms. The Morgan fingerprint density at radius 3 is 2.77 bits per heavy atom. The van der Waals surface area contributed by atoms with Crippen LogP contribution in [-0.4, -0.2) is 59.5 Å². The van der Waals surface area contributed by atoms with Gasteiger partial charge < -0.3 is 19.5 Å². The molecule has 0 radical (unpaired) electrons. The predicted molar refractivity (Wildman–Crippen MR) is 108 cm³/mol. The van der Waals surface area contributed by atoms with Gasteiger partial charge in [-0.05, 0) is 30.0 Å². The normalized spacial score (nSPS) is 18.3. The second-order valence-electron chi connectivity index (χ2n) is 7.69. The van der Waals surface area contributed by atoms with Gasteiger partial charge in [-0.15, -0.1) is 0 Å². The summed E-state index contributed by atoms with van der Waals surface area (Å²) < 4.78 is 18.9. The summed E-state index contributed by atoms with van der Waals surface area (Å²) in [5.74, 6) is 0.184. The third kappa shape index (κ3) is 3.81. The average molecular weight is 413 g/mol. The summed E-state index contributed by atoms with van der Waals surface area (Å²) in [5.41, 5.74) is 1.83. The number of methoxy groups -OCH3 is 1. The average Bonchev–Trinajstić information content (AvgIpc) is 3.19. The van der Waals surface area contributed by atoms with Crippen LogP contribution in [0.1, 0.15) is 33.5 Å². The minimum atomic E-state index is -1.05. The Kier molecular flexibility index (Phi) is 5.57. The summed E-state index contributed by atoms with van der Waals surface area (Å²) in [6, 6.07) is 7.39. The maximum atomic E-state index is 13.5. The number of aromatic nitrogens is 1. The number of halogens is 1.